The lowest BCUT2D eigenvalue weighted by atomic mass is 10.4. The number of hydrogen-bond acceptors (Lipinski definition) is 14. The molecular weight excluding hydrogens is 456 g/mol. The van der Waals surface area contributed by atoms with Gasteiger partial charge in [-0.1, -0.05) is 10.9 Å². The summed E-state index contributed by atoms with van der Waals surface area (Å²) in [7, 11) is 0. The molecular formula is C8H6N12O12. The van der Waals surface area contributed by atoms with E-state index in [2.05, 4.69) is 10.2 Å². The quantitative estimate of drug-likeness (QED) is 0.317. The highest BCUT2D eigenvalue weighted by molar-refractivity contribution is 5.66. The van der Waals surface area contributed by atoms with Crippen LogP contribution in [0.15, 0.2) is 0 Å². The van der Waals surface area contributed by atoms with Gasteiger partial charge in [0.15, 0.2) is 10.1 Å². The van der Waals surface area contributed by atoms with Gasteiger partial charge in [-0.15, -0.1) is 9.36 Å². The molecule has 0 aliphatic rings. The van der Waals surface area contributed by atoms with Crippen LogP contribution in [0.1, 0.15) is 0 Å². The lowest BCUT2D eigenvalue weighted by molar-refractivity contribution is -0.449. The minimum absolute atomic E-state index is 0.342. The highest BCUT2D eigenvalue weighted by Gasteiger charge is 2.42. The van der Waals surface area contributed by atoms with Gasteiger partial charge in [-0.2, -0.15) is 0 Å². The Labute approximate surface area is 169 Å². The van der Waals surface area contributed by atoms with E-state index in [1.807, 2.05) is 0 Å². The van der Waals surface area contributed by atoms with Crippen molar-refractivity contribution >= 4 is 34.6 Å². The normalized spacial score (nSPS) is 10.4. The van der Waals surface area contributed by atoms with Crippen LogP contribution in [0, 0.1) is 60.7 Å². The molecule has 0 aromatic carbocycles. The van der Waals surface area contributed by atoms with Crippen LogP contribution in [-0.4, -0.2) is 49.3 Å². The minimum Gasteiger partial charge on any atom is -0.358 e. The van der Waals surface area contributed by atoms with E-state index in [1.165, 1.54) is 10.9 Å². The van der Waals surface area contributed by atoms with Crippen molar-refractivity contribution in [2.45, 2.75) is 13.1 Å². The number of nitrogens with one attached hydrogen (secondary N) is 2. The predicted molar refractivity (Wildman–Crippen MR) is 92.3 cm³/mol. The minimum atomic E-state index is -1.40. The molecule has 24 heteroatoms. The second kappa shape index (κ2) is 8.42. The number of nitro groups is 6. The van der Waals surface area contributed by atoms with Gasteiger partial charge in [0, 0.05) is 0 Å². The number of anilines is 2. The summed E-state index contributed by atoms with van der Waals surface area (Å²) in [6.45, 7) is -1.60. The van der Waals surface area contributed by atoms with Crippen molar-refractivity contribution in [3.05, 3.63) is 60.7 Å². The van der Waals surface area contributed by atoms with Gasteiger partial charge in [0.25, 0.3) is 11.6 Å². The summed E-state index contributed by atoms with van der Waals surface area (Å²) in [4.78, 5) is 60.4. The Hall–Kier alpha value is -5.58. The number of rotatable bonds is 11. The van der Waals surface area contributed by atoms with E-state index < -0.39 is 77.5 Å². The molecule has 0 radical (unpaired) electrons. The topological polar surface area (TPSA) is 319 Å². The highest BCUT2D eigenvalue weighted by Crippen LogP contribution is 2.36. The summed E-state index contributed by atoms with van der Waals surface area (Å²) < 4.78 is 0.683. The summed E-state index contributed by atoms with van der Waals surface area (Å²) in [5.74, 6) is -4.96. The second-order valence-electron chi connectivity index (χ2n) is 5.25. The molecule has 0 fully saturated rings. The fourth-order valence-corrected chi connectivity index (χ4v) is 2.37. The first-order valence-electron chi connectivity index (χ1n) is 7.46. The van der Waals surface area contributed by atoms with Crippen LogP contribution in [0.2, 0.25) is 0 Å². The summed E-state index contributed by atoms with van der Waals surface area (Å²) >= 11 is 0. The molecule has 0 saturated carbocycles. The Bertz CT molecular complexity index is 1070. The van der Waals surface area contributed by atoms with E-state index in [-0.39, 0.29) is 0 Å². The van der Waals surface area contributed by atoms with Gasteiger partial charge in [-0.3, -0.25) is 20.2 Å². The van der Waals surface area contributed by atoms with Gasteiger partial charge >= 0.3 is 23.0 Å². The van der Waals surface area contributed by atoms with Crippen molar-refractivity contribution in [3.8, 4) is 0 Å². The van der Waals surface area contributed by atoms with Gasteiger partial charge in [0.2, 0.25) is 0 Å². The van der Waals surface area contributed by atoms with Crippen LogP contribution in [0.4, 0.5) is 34.6 Å². The largest absolute Gasteiger partial charge is 0.470 e. The van der Waals surface area contributed by atoms with Crippen molar-refractivity contribution < 1.29 is 29.8 Å². The van der Waals surface area contributed by atoms with Crippen molar-refractivity contribution in [2.75, 3.05) is 10.9 Å². The van der Waals surface area contributed by atoms with Crippen LogP contribution >= 0.6 is 0 Å². The fourth-order valence-electron chi connectivity index (χ4n) is 2.37. The maximum atomic E-state index is 11.1. The molecule has 0 saturated heterocycles. The van der Waals surface area contributed by atoms with E-state index in [0.29, 0.717) is 9.36 Å². The van der Waals surface area contributed by atoms with Crippen LogP contribution < -0.4 is 10.9 Å². The third-order valence-electron chi connectivity index (χ3n) is 3.45. The van der Waals surface area contributed by atoms with E-state index in [1.54, 1.807) is 0 Å². The monoisotopic (exact) mass is 462 g/mol. The lowest BCUT2D eigenvalue weighted by Gasteiger charge is -2.01. The van der Waals surface area contributed by atoms with E-state index in [4.69, 9.17) is 0 Å². The Kier molecular flexibility index (Phi) is 5.98. The summed E-state index contributed by atoms with van der Waals surface area (Å²) in [6.07, 6.45) is 0. The lowest BCUT2D eigenvalue weighted by Crippen LogP contribution is -2.19. The zero-order valence-corrected chi connectivity index (χ0v) is 14.8. The number of nitrogens with zero attached hydrogens (tertiary/aromatic N) is 10. The first-order chi connectivity index (χ1) is 14.8. The highest BCUT2D eigenvalue weighted by atomic mass is 16.7. The smallest absolute Gasteiger partial charge is 0.358 e. The van der Waals surface area contributed by atoms with E-state index >= 15 is 0 Å². The molecule has 2 rings (SSSR count). The molecule has 32 heavy (non-hydrogen) atoms. The SMILES string of the molecule is O=[N+]([O-])Nc1c([N+](=O)[O-])c([N+](=O)[O-])nn1CCn1nc([N+](=O)[O-])c([N+](=O)[O-])c1N[N+](=O)[O-]. The van der Waals surface area contributed by atoms with Crippen LogP contribution in [-0.2, 0) is 13.1 Å². The van der Waals surface area contributed by atoms with Gasteiger partial charge in [0.1, 0.15) is 0 Å². The Morgan fingerprint density at radius 3 is 1.12 bits per heavy atom. The van der Waals surface area contributed by atoms with Gasteiger partial charge in [-0.25, -0.2) is 20.2 Å². The van der Waals surface area contributed by atoms with E-state index in [0.717, 1.165) is 0 Å². The van der Waals surface area contributed by atoms with Crippen LogP contribution in [0.3, 0.4) is 0 Å². The molecule has 0 unspecified atom stereocenters. The second-order valence-corrected chi connectivity index (χ2v) is 5.25. The number of hydrazine groups is 2. The Morgan fingerprint density at radius 1 is 0.594 bits per heavy atom. The summed E-state index contributed by atoms with van der Waals surface area (Å²) in [6, 6.07) is 0. The molecule has 170 valence electrons. The molecule has 2 aromatic rings. The first kappa shape index (κ1) is 22.7. The maximum absolute atomic E-state index is 11.1. The number of hydrogen-bond donors (Lipinski definition) is 2. The van der Waals surface area contributed by atoms with Gasteiger partial charge in [-0.05, 0) is 9.85 Å². The standard InChI is InChI=1S/C8H6N12O12/c21-15(22)3-5(11-19(29)30)13(9-7(3)17(25)26)1-2-14-6(12-20(31)32)4(16(23)24)8(10-14)18(27)28/h11-12H,1-2H2. The molecule has 0 amide bonds. The van der Waals surface area contributed by atoms with Crippen LogP contribution in [0.25, 0.3) is 0 Å². The molecule has 0 atom stereocenters. The molecule has 2 heterocycles. The summed E-state index contributed by atoms with van der Waals surface area (Å²) in [5, 5.41) is 69.6. The number of aromatic nitrogens is 4. The third kappa shape index (κ3) is 4.36. The van der Waals surface area contributed by atoms with Gasteiger partial charge < -0.3 is 20.2 Å². The van der Waals surface area contributed by atoms with Crippen LogP contribution in [0.5, 0.6) is 0 Å². The van der Waals surface area contributed by atoms with Crippen molar-refractivity contribution in [1.82, 2.24) is 19.6 Å². The maximum Gasteiger partial charge on any atom is 0.470 e. The Balaban J connectivity index is 2.58. The summed E-state index contributed by atoms with van der Waals surface area (Å²) in [5.41, 5.74) is -0.109. The van der Waals surface area contributed by atoms with Crippen molar-refractivity contribution in [2.24, 2.45) is 0 Å². The molecule has 2 aromatic heterocycles. The number of aryl methyl sites for hydroxylation is 2. The molecule has 24 nitrogen and oxygen atoms in total. The molecule has 0 spiro atoms. The fraction of sp³-hybridized carbons (Fsp3) is 0.250. The average Bonchev–Trinajstić information content (AvgIpc) is 3.18. The van der Waals surface area contributed by atoms with Crippen molar-refractivity contribution in [1.29, 1.82) is 0 Å². The Morgan fingerprint density at radius 2 is 0.906 bits per heavy atom. The molecule has 0 aliphatic heterocycles. The molecule has 2 N–H and O–H groups in total. The third-order valence-corrected chi connectivity index (χ3v) is 3.45. The van der Waals surface area contributed by atoms with Gasteiger partial charge in [0.05, 0.1) is 33.1 Å². The zero-order valence-electron chi connectivity index (χ0n) is 14.8. The average molecular weight is 462 g/mol. The first-order valence-corrected chi connectivity index (χ1v) is 7.46. The zero-order chi connectivity index (χ0) is 24.3. The predicted octanol–water partition coefficient (Wildman–Crippen LogP) is -0.380. The van der Waals surface area contributed by atoms with Crippen molar-refractivity contribution in [3.63, 3.8) is 0 Å². The molecule has 0 bridgehead atoms. The van der Waals surface area contributed by atoms with E-state index in [9.17, 15) is 60.7 Å². The molecule has 0 aliphatic carbocycles.